The average molecular weight is 555 g/mol. The van der Waals surface area contributed by atoms with Gasteiger partial charge in [-0.2, -0.15) is 0 Å². The molecule has 0 bridgehead atoms. The molecule has 2 aromatic heterocycles. The smallest absolute Gasteiger partial charge is 0.326 e. The van der Waals surface area contributed by atoms with E-state index in [4.69, 9.17) is 5.11 Å². The van der Waals surface area contributed by atoms with Gasteiger partial charge in [-0.25, -0.2) is 4.79 Å². The van der Waals surface area contributed by atoms with Crippen molar-refractivity contribution in [3.8, 4) is 0 Å². The number of benzene rings is 1. The summed E-state index contributed by atoms with van der Waals surface area (Å²) in [5.74, 6) is -4.30. The maximum absolute atomic E-state index is 12.9. The molecule has 15 nitrogen and oxygen atoms in total. The zero-order chi connectivity index (χ0) is 29.6. The Hall–Kier alpha value is -5.47. The number of nitrogens with one attached hydrogen (secondary N) is 3. The number of aliphatic carboxylic acids is 2. The Balaban J connectivity index is 1.64. The van der Waals surface area contributed by atoms with E-state index in [1.165, 1.54) is 40.7 Å². The molecule has 0 saturated carbocycles. The van der Waals surface area contributed by atoms with Gasteiger partial charge in [-0.15, -0.1) is 0 Å². The number of anilines is 2. The standard InChI is InChI=1S/C25H26N6O9/c1-29-12-16(27-24(36)20-11-17(31(39)40)13-30(20)2)10-19(29)23(35)26-15-5-3-4-14(8-15)9-21(32)28-18(25(37)38)6-7-22(33)34/h3-5,8,10-13,18H,6-7,9H2,1-2H3,(H,26,35)(H,27,36)(H,28,32)(H,33,34)(H,37,38). The van der Waals surface area contributed by atoms with Crippen LogP contribution in [0.1, 0.15) is 39.4 Å². The second-order valence-electron chi connectivity index (χ2n) is 8.85. The Labute approximate surface area is 226 Å². The molecule has 40 heavy (non-hydrogen) atoms. The van der Waals surface area contributed by atoms with Crippen molar-refractivity contribution >= 4 is 46.7 Å². The largest absolute Gasteiger partial charge is 0.481 e. The molecule has 0 radical (unpaired) electrons. The first kappa shape index (κ1) is 29.1. The van der Waals surface area contributed by atoms with E-state index in [0.29, 0.717) is 11.3 Å². The number of nitro groups is 1. The number of hydrogen-bond donors (Lipinski definition) is 5. The fourth-order valence-corrected chi connectivity index (χ4v) is 3.84. The maximum Gasteiger partial charge on any atom is 0.326 e. The maximum atomic E-state index is 12.9. The third-order valence-electron chi connectivity index (χ3n) is 5.76. The molecule has 0 fully saturated rings. The van der Waals surface area contributed by atoms with E-state index < -0.39 is 47.0 Å². The summed E-state index contributed by atoms with van der Waals surface area (Å²) in [6.45, 7) is 0. The van der Waals surface area contributed by atoms with Gasteiger partial charge in [0.05, 0.1) is 23.2 Å². The van der Waals surface area contributed by atoms with E-state index in [-0.39, 0.29) is 35.6 Å². The summed E-state index contributed by atoms with van der Waals surface area (Å²) in [4.78, 5) is 70.2. The Kier molecular flexibility index (Phi) is 9.01. The van der Waals surface area contributed by atoms with Crippen LogP contribution in [0.5, 0.6) is 0 Å². The van der Waals surface area contributed by atoms with Crippen LogP contribution in [0, 0.1) is 10.1 Å². The van der Waals surface area contributed by atoms with Crippen molar-refractivity contribution in [2.75, 3.05) is 10.6 Å². The Morgan fingerprint density at radius 2 is 1.55 bits per heavy atom. The second-order valence-corrected chi connectivity index (χ2v) is 8.85. The summed E-state index contributed by atoms with van der Waals surface area (Å²) in [6.07, 6.45) is 1.81. The first-order chi connectivity index (χ1) is 18.8. The second kappa shape index (κ2) is 12.4. The van der Waals surface area contributed by atoms with Crippen LogP contribution in [0.3, 0.4) is 0 Å². The van der Waals surface area contributed by atoms with E-state index in [9.17, 15) is 39.2 Å². The minimum Gasteiger partial charge on any atom is -0.481 e. The van der Waals surface area contributed by atoms with Crippen LogP contribution in [0.2, 0.25) is 0 Å². The fraction of sp³-hybridized carbons (Fsp3) is 0.240. The van der Waals surface area contributed by atoms with Crippen molar-refractivity contribution in [3.05, 3.63) is 75.9 Å². The number of rotatable bonds is 12. The zero-order valence-corrected chi connectivity index (χ0v) is 21.4. The zero-order valence-electron chi connectivity index (χ0n) is 21.4. The minimum absolute atomic E-state index is 0.0546. The summed E-state index contributed by atoms with van der Waals surface area (Å²) in [7, 11) is 3.08. The average Bonchev–Trinajstić information content (AvgIpc) is 3.43. The highest BCUT2D eigenvalue weighted by atomic mass is 16.6. The van der Waals surface area contributed by atoms with Crippen LogP contribution in [0.4, 0.5) is 17.1 Å². The molecule has 2 heterocycles. The first-order valence-electron chi connectivity index (χ1n) is 11.8. The van der Waals surface area contributed by atoms with Gasteiger partial charge in [-0.05, 0) is 30.2 Å². The first-order valence-corrected chi connectivity index (χ1v) is 11.8. The van der Waals surface area contributed by atoms with Crippen LogP contribution in [0.15, 0.2) is 48.8 Å². The molecule has 1 aromatic carbocycles. The van der Waals surface area contributed by atoms with Gasteiger partial charge in [-0.1, -0.05) is 12.1 Å². The molecule has 210 valence electrons. The molecule has 0 aliphatic rings. The fourth-order valence-electron chi connectivity index (χ4n) is 3.84. The van der Waals surface area contributed by atoms with E-state index in [2.05, 4.69) is 16.0 Å². The van der Waals surface area contributed by atoms with E-state index in [1.807, 2.05) is 0 Å². The molecule has 5 N–H and O–H groups in total. The van der Waals surface area contributed by atoms with Crippen molar-refractivity contribution in [3.63, 3.8) is 0 Å². The van der Waals surface area contributed by atoms with E-state index in [0.717, 1.165) is 6.07 Å². The summed E-state index contributed by atoms with van der Waals surface area (Å²) in [5.41, 5.74) is 1.09. The monoisotopic (exact) mass is 554 g/mol. The molecule has 3 aromatic rings. The predicted molar refractivity (Wildman–Crippen MR) is 140 cm³/mol. The number of carboxylic acid groups (broad SMARTS) is 2. The van der Waals surface area contributed by atoms with Gasteiger partial charge in [0.1, 0.15) is 17.4 Å². The molecular formula is C25H26N6O9. The van der Waals surface area contributed by atoms with Gasteiger partial charge in [0.15, 0.2) is 0 Å². The lowest BCUT2D eigenvalue weighted by atomic mass is 10.1. The molecule has 3 amide bonds. The summed E-state index contributed by atoms with van der Waals surface area (Å²) < 4.78 is 2.79. The number of carboxylic acids is 2. The Morgan fingerprint density at radius 3 is 2.15 bits per heavy atom. The van der Waals surface area contributed by atoms with Crippen molar-refractivity contribution in [2.24, 2.45) is 14.1 Å². The highest BCUT2D eigenvalue weighted by Crippen LogP contribution is 2.20. The van der Waals surface area contributed by atoms with Gasteiger partial charge in [0, 0.05) is 38.5 Å². The third kappa shape index (κ3) is 7.53. The molecule has 1 atom stereocenters. The highest BCUT2D eigenvalue weighted by Gasteiger charge is 2.22. The number of aromatic nitrogens is 2. The molecule has 0 aliphatic carbocycles. The van der Waals surface area contributed by atoms with Gasteiger partial charge < -0.3 is 35.3 Å². The van der Waals surface area contributed by atoms with E-state index in [1.54, 1.807) is 25.2 Å². The Morgan fingerprint density at radius 1 is 0.925 bits per heavy atom. The van der Waals surface area contributed by atoms with Gasteiger partial charge in [0.2, 0.25) is 5.91 Å². The van der Waals surface area contributed by atoms with Crippen LogP contribution >= 0.6 is 0 Å². The van der Waals surface area contributed by atoms with Crippen molar-refractivity contribution in [2.45, 2.75) is 25.3 Å². The molecular weight excluding hydrogens is 528 g/mol. The molecule has 0 aliphatic heterocycles. The van der Waals surface area contributed by atoms with Crippen molar-refractivity contribution in [1.82, 2.24) is 14.5 Å². The van der Waals surface area contributed by atoms with Gasteiger partial charge in [0.25, 0.3) is 17.5 Å². The molecule has 0 saturated heterocycles. The van der Waals surface area contributed by atoms with Crippen LogP contribution in [-0.4, -0.2) is 60.0 Å². The molecule has 15 heteroatoms. The lowest BCUT2D eigenvalue weighted by molar-refractivity contribution is -0.384. The van der Waals surface area contributed by atoms with Gasteiger partial charge in [-0.3, -0.25) is 29.3 Å². The van der Waals surface area contributed by atoms with E-state index >= 15 is 0 Å². The SMILES string of the molecule is Cn1cc(NC(=O)c2cc([N+](=O)[O-])cn2C)cc1C(=O)Nc1cccc(CC(=O)NC(CCC(=O)O)C(=O)O)c1. The molecule has 1 unspecified atom stereocenters. The lowest BCUT2D eigenvalue weighted by Crippen LogP contribution is -2.41. The quantitative estimate of drug-likeness (QED) is 0.163. The van der Waals surface area contributed by atoms with Crippen molar-refractivity contribution in [1.29, 1.82) is 0 Å². The normalized spacial score (nSPS) is 11.3. The lowest BCUT2D eigenvalue weighted by Gasteiger charge is -2.14. The Bertz CT molecular complexity index is 1490. The molecule has 0 spiro atoms. The number of amides is 3. The molecule has 3 rings (SSSR count). The van der Waals surface area contributed by atoms with Crippen LogP contribution < -0.4 is 16.0 Å². The predicted octanol–water partition coefficient (Wildman–Crippen LogP) is 1.75. The van der Waals surface area contributed by atoms with Crippen LogP contribution in [-0.2, 0) is 34.9 Å². The number of carbonyl (C=O) groups is 5. The summed E-state index contributed by atoms with van der Waals surface area (Å²) >= 11 is 0. The number of aryl methyl sites for hydroxylation is 2. The topological polar surface area (TPSA) is 215 Å². The number of carbonyl (C=O) groups excluding carboxylic acids is 3. The highest BCUT2D eigenvalue weighted by molar-refractivity contribution is 6.07. The van der Waals surface area contributed by atoms with Gasteiger partial charge >= 0.3 is 11.9 Å². The van der Waals surface area contributed by atoms with Crippen molar-refractivity contribution < 1.29 is 39.1 Å². The number of nitrogens with zero attached hydrogens (tertiary/aromatic N) is 3. The third-order valence-corrected chi connectivity index (χ3v) is 5.76. The summed E-state index contributed by atoms with van der Waals surface area (Å²) in [6, 6.07) is 7.51. The number of hydrogen-bond acceptors (Lipinski definition) is 7. The summed E-state index contributed by atoms with van der Waals surface area (Å²) in [5, 5.41) is 36.5. The minimum atomic E-state index is -1.35. The van der Waals surface area contributed by atoms with Crippen LogP contribution in [0.25, 0.3) is 0 Å².